The van der Waals surface area contributed by atoms with E-state index in [9.17, 15) is 0 Å². The topological polar surface area (TPSA) is 0 Å². The number of benzene rings is 1. The van der Waals surface area contributed by atoms with Crippen molar-refractivity contribution >= 4 is 57.5 Å². The second-order valence-electron chi connectivity index (χ2n) is 1.61. The molecule has 42 valence electrons. The molecule has 0 aliphatic heterocycles. The predicted molar refractivity (Wildman–Crippen MR) is 43.7 cm³/mol. The van der Waals surface area contributed by atoms with Crippen LogP contribution in [0.5, 0.6) is 0 Å². The molecule has 0 amide bonds. The molecule has 0 aliphatic rings. The van der Waals surface area contributed by atoms with Gasteiger partial charge in [-0.25, -0.2) is 0 Å². The summed E-state index contributed by atoms with van der Waals surface area (Å²) in [6, 6.07) is 10.0. The van der Waals surface area contributed by atoms with Crippen LogP contribution in [-0.2, 0) is 0 Å². The Bertz CT molecular complexity index is 167. The minimum atomic E-state index is 0. The Morgan fingerprint density at radius 3 is 2.00 bits per heavy atom. The zero-order valence-electron chi connectivity index (χ0n) is 4.67. The zero-order valence-corrected chi connectivity index (χ0v) is 4.67. The molecule has 0 unspecified atom stereocenters. The second kappa shape index (κ2) is 5.39. The van der Waals surface area contributed by atoms with E-state index in [1.807, 2.05) is 36.4 Å². The van der Waals surface area contributed by atoms with Gasteiger partial charge in [0.05, 0.1) is 0 Å². The van der Waals surface area contributed by atoms with Crippen molar-refractivity contribution in [2.45, 2.75) is 0 Å². The van der Waals surface area contributed by atoms with Crippen LogP contribution in [0.25, 0.3) is 6.08 Å². The van der Waals surface area contributed by atoms with Crippen LogP contribution < -0.4 is 0 Å². The van der Waals surface area contributed by atoms with E-state index in [2.05, 4.69) is 6.58 Å². The Morgan fingerprint density at radius 1 is 1.11 bits per heavy atom. The summed E-state index contributed by atoms with van der Waals surface area (Å²) in [6.45, 7) is 3.63. The van der Waals surface area contributed by atoms with Crippen LogP contribution in [0.3, 0.4) is 0 Å². The Balaban J connectivity index is 0.000000640. The molecule has 1 aromatic rings. The van der Waals surface area contributed by atoms with Gasteiger partial charge in [0.15, 0.2) is 0 Å². The molecule has 0 fully saturated rings. The fourth-order valence-corrected chi connectivity index (χ4v) is 0.589. The molecule has 0 N–H and O–H groups in total. The number of hydrogen-bond donors (Lipinski definition) is 0. The summed E-state index contributed by atoms with van der Waals surface area (Å²) in [5.74, 6) is 0. The molecule has 0 heterocycles. The van der Waals surface area contributed by atoms with E-state index in [4.69, 9.17) is 0 Å². The van der Waals surface area contributed by atoms with Gasteiger partial charge < -0.3 is 0 Å². The molecule has 0 saturated heterocycles. The molecule has 0 spiro atoms. The molecule has 0 aliphatic carbocycles. The van der Waals surface area contributed by atoms with Crippen molar-refractivity contribution in [2.75, 3.05) is 0 Å². The van der Waals surface area contributed by atoms with Gasteiger partial charge >= 0.3 is 51.4 Å². The molecule has 1 rings (SSSR count). The molecule has 9 heavy (non-hydrogen) atoms. The Kier molecular flexibility index (Phi) is 5.74. The second-order valence-corrected chi connectivity index (χ2v) is 1.61. The van der Waals surface area contributed by atoms with Gasteiger partial charge in [-0.15, -0.1) is 0 Å². The van der Waals surface area contributed by atoms with Crippen LogP contribution in [0.4, 0.5) is 0 Å². The fourth-order valence-electron chi connectivity index (χ4n) is 0.589. The summed E-state index contributed by atoms with van der Waals surface area (Å²) in [5.41, 5.74) is 1.17. The van der Waals surface area contributed by atoms with Gasteiger partial charge in [-0.1, -0.05) is 43.0 Å². The van der Waals surface area contributed by atoms with Crippen molar-refractivity contribution in [3.05, 3.63) is 42.5 Å². The minimum absolute atomic E-state index is 0. The first-order chi connectivity index (χ1) is 3.93. The molecule has 0 nitrogen and oxygen atoms in total. The van der Waals surface area contributed by atoms with Gasteiger partial charge in [-0.2, -0.15) is 0 Å². The Hall–Kier alpha value is 0.596. The Labute approximate surface area is 98.4 Å². The molecular weight excluding hydrogens is 135 g/mol. The van der Waals surface area contributed by atoms with Crippen LogP contribution in [0.15, 0.2) is 36.9 Å². The van der Waals surface area contributed by atoms with Crippen LogP contribution in [0.2, 0.25) is 0 Å². The third kappa shape index (κ3) is 3.33. The van der Waals surface area contributed by atoms with E-state index in [0.717, 1.165) is 0 Å². The zero-order chi connectivity index (χ0) is 5.82. The quantitative estimate of drug-likeness (QED) is 0.526. The van der Waals surface area contributed by atoms with Crippen LogP contribution in [0.1, 0.15) is 5.56 Å². The maximum absolute atomic E-state index is 3.63. The molecule has 0 bridgehead atoms. The third-order valence-electron chi connectivity index (χ3n) is 1.04. The van der Waals surface area contributed by atoms with Crippen LogP contribution in [0, 0.1) is 0 Å². The van der Waals surface area contributed by atoms with E-state index in [1.54, 1.807) is 0 Å². The van der Waals surface area contributed by atoms with Crippen molar-refractivity contribution in [3.8, 4) is 0 Å². The average Bonchev–Trinajstić information content (AvgIpc) is 1.90. The molecule has 0 atom stereocenters. The van der Waals surface area contributed by atoms with Crippen molar-refractivity contribution < 1.29 is 0 Å². The predicted octanol–water partition coefficient (Wildman–Crippen LogP) is 1.68. The molecule has 0 saturated carbocycles. The first kappa shape index (κ1) is 9.60. The third-order valence-corrected chi connectivity index (χ3v) is 1.04. The van der Waals surface area contributed by atoms with Gasteiger partial charge in [-0.05, 0) is 5.56 Å². The normalized spacial score (nSPS) is 7.56. The number of rotatable bonds is 1. The number of hydrogen-bond acceptors (Lipinski definition) is 0. The van der Waals surface area contributed by atoms with E-state index in [-0.39, 0.29) is 51.4 Å². The van der Waals surface area contributed by atoms with Crippen molar-refractivity contribution in [1.82, 2.24) is 0 Å². The summed E-state index contributed by atoms with van der Waals surface area (Å²) in [5, 5.41) is 0. The molecule has 0 radical (unpaired) electrons. The molecular formula is C8H9K. The van der Waals surface area contributed by atoms with Gasteiger partial charge in [0.2, 0.25) is 0 Å². The van der Waals surface area contributed by atoms with Crippen molar-refractivity contribution in [1.29, 1.82) is 0 Å². The summed E-state index contributed by atoms with van der Waals surface area (Å²) < 4.78 is 0. The standard InChI is InChI=1S/C8H8.K.H/c1-2-8-6-4-3-5-7-8;;/h2-7H,1H2;;. The summed E-state index contributed by atoms with van der Waals surface area (Å²) in [4.78, 5) is 0. The summed E-state index contributed by atoms with van der Waals surface area (Å²) in [7, 11) is 0. The average molecular weight is 144 g/mol. The SMILES string of the molecule is C=Cc1ccccc1.[KH]. The molecule has 1 aromatic carbocycles. The Morgan fingerprint density at radius 2 is 1.67 bits per heavy atom. The van der Waals surface area contributed by atoms with Crippen molar-refractivity contribution in [3.63, 3.8) is 0 Å². The molecule has 1 heteroatoms. The summed E-state index contributed by atoms with van der Waals surface area (Å²) >= 11 is 0. The monoisotopic (exact) mass is 144 g/mol. The van der Waals surface area contributed by atoms with E-state index >= 15 is 0 Å². The summed E-state index contributed by atoms with van der Waals surface area (Å²) in [6.07, 6.45) is 1.83. The van der Waals surface area contributed by atoms with E-state index in [0.29, 0.717) is 0 Å². The van der Waals surface area contributed by atoms with Gasteiger partial charge in [-0.3, -0.25) is 0 Å². The fraction of sp³-hybridized carbons (Fsp3) is 0. The van der Waals surface area contributed by atoms with Crippen LogP contribution >= 0.6 is 0 Å². The van der Waals surface area contributed by atoms with Gasteiger partial charge in [0, 0.05) is 0 Å². The first-order valence-electron chi connectivity index (χ1n) is 2.61. The van der Waals surface area contributed by atoms with E-state index < -0.39 is 0 Å². The van der Waals surface area contributed by atoms with Gasteiger partial charge in [0.25, 0.3) is 0 Å². The van der Waals surface area contributed by atoms with E-state index in [1.165, 1.54) is 5.56 Å². The molecule has 0 aromatic heterocycles. The van der Waals surface area contributed by atoms with Gasteiger partial charge in [0.1, 0.15) is 0 Å². The first-order valence-corrected chi connectivity index (χ1v) is 2.61. The van der Waals surface area contributed by atoms with Crippen LogP contribution in [-0.4, -0.2) is 51.4 Å². The van der Waals surface area contributed by atoms with Crippen molar-refractivity contribution in [2.24, 2.45) is 0 Å². The maximum atomic E-state index is 3.63.